The zero-order valence-corrected chi connectivity index (χ0v) is 19.2. The number of nitrogens with one attached hydrogen (secondary N) is 1. The van der Waals surface area contributed by atoms with E-state index in [0.29, 0.717) is 19.7 Å². The Labute approximate surface area is 187 Å². The van der Waals surface area contributed by atoms with Crippen LogP contribution in [0.5, 0.6) is 0 Å². The Bertz CT molecular complexity index is 869. The lowest BCUT2D eigenvalue weighted by atomic mass is 10.00. The van der Waals surface area contributed by atoms with Gasteiger partial charge in [0.2, 0.25) is 0 Å². The van der Waals surface area contributed by atoms with Crippen LogP contribution < -0.4 is 5.32 Å². The number of nitrogens with zero attached hydrogens (tertiary/aromatic N) is 5. The molecule has 0 aliphatic carbocycles. The van der Waals surface area contributed by atoms with E-state index in [2.05, 4.69) is 52.4 Å². The van der Waals surface area contributed by atoms with Crippen molar-refractivity contribution in [1.82, 2.24) is 20.0 Å². The van der Waals surface area contributed by atoms with E-state index in [1.54, 1.807) is 11.7 Å². The van der Waals surface area contributed by atoms with Crippen molar-refractivity contribution >= 4 is 35.6 Å². The van der Waals surface area contributed by atoms with Crippen molar-refractivity contribution in [3.8, 4) is 0 Å². The molecule has 1 aromatic heterocycles. The quantitative estimate of drug-likeness (QED) is 0.217. The third-order valence-corrected chi connectivity index (χ3v) is 4.80. The summed E-state index contributed by atoms with van der Waals surface area (Å²) in [6, 6.07) is 6.43. The summed E-state index contributed by atoms with van der Waals surface area (Å²) in [5.41, 5.74) is 3.67. The molecule has 1 unspecified atom stereocenters. The number of ether oxygens (including phenoxy) is 1. The van der Waals surface area contributed by atoms with Gasteiger partial charge >= 0.3 is 5.69 Å². The summed E-state index contributed by atoms with van der Waals surface area (Å²) < 4.78 is 7.56. The number of hydrogen-bond acceptors (Lipinski definition) is 5. The van der Waals surface area contributed by atoms with Crippen LogP contribution in [0.1, 0.15) is 22.8 Å². The van der Waals surface area contributed by atoms with Crippen LogP contribution in [0.3, 0.4) is 0 Å². The second-order valence-electron chi connectivity index (χ2n) is 6.86. The molecule has 0 bridgehead atoms. The summed E-state index contributed by atoms with van der Waals surface area (Å²) in [7, 11) is 1.75. The van der Waals surface area contributed by atoms with E-state index in [-0.39, 0.29) is 35.8 Å². The fourth-order valence-electron chi connectivity index (χ4n) is 3.40. The zero-order chi connectivity index (χ0) is 20.1. The lowest BCUT2D eigenvalue weighted by Crippen LogP contribution is -2.48. The maximum Gasteiger partial charge on any atom is 0.306 e. The van der Waals surface area contributed by atoms with E-state index in [4.69, 9.17) is 4.74 Å². The molecule has 0 radical (unpaired) electrons. The number of morpholine rings is 1. The number of rotatable bonds is 5. The van der Waals surface area contributed by atoms with E-state index in [9.17, 15) is 10.1 Å². The highest BCUT2D eigenvalue weighted by Gasteiger charge is 2.25. The van der Waals surface area contributed by atoms with Crippen molar-refractivity contribution in [3.63, 3.8) is 0 Å². The molecule has 9 nitrogen and oxygen atoms in total. The van der Waals surface area contributed by atoms with Crippen molar-refractivity contribution in [2.24, 2.45) is 4.99 Å². The van der Waals surface area contributed by atoms with Gasteiger partial charge in [0, 0.05) is 20.1 Å². The van der Waals surface area contributed by atoms with Gasteiger partial charge in [-0.3, -0.25) is 19.8 Å². The monoisotopic (exact) mass is 514 g/mol. The highest BCUT2D eigenvalue weighted by atomic mass is 127. The third kappa shape index (κ3) is 5.89. The Morgan fingerprint density at radius 1 is 1.45 bits per heavy atom. The lowest BCUT2D eigenvalue weighted by molar-refractivity contribution is -0.385. The molecule has 1 aliphatic heterocycles. The lowest BCUT2D eigenvalue weighted by Gasteiger charge is -2.35. The van der Waals surface area contributed by atoms with E-state index in [0.717, 1.165) is 19.0 Å². The zero-order valence-electron chi connectivity index (χ0n) is 16.9. The maximum absolute atomic E-state index is 10.7. The number of aliphatic imine (C=N–C) groups is 1. The first kappa shape index (κ1) is 23.1. The minimum atomic E-state index is -0.448. The Morgan fingerprint density at radius 2 is 2.24 bits per heavy atom. The molecule has 0 amide bonds. The Morgan fingerprint density at radius 3 is 2.90 bits per heavy atom. The second-order valence-corrected chi connectivity index (χ2v) is 6.86. The van der Waals surface area contributed by atoms with Crippen LogP contribution in [0.4, 0.5) is 5.69 Å². The number of guanidine groups is 1. The number of aromatic nitrogens is 2. The largest absolute Gasteiger partial charge is 0.370 e. The van der Waals surface area contributed by atoms with Crippen LogP contribution in [0.15, 0.2) is 35.6 Å². The van der Waals surface area contributed by atoms with Crippen LogP contribution in [-0.4, -0.2) is 58.9 Å². The molecule has 2 heterocycles. The molecule has 0 spiro atoms. The molecule has 29 heavy (non-hydrogen) atoms. The predicted octanol–water partition coefficient (Wildman–Crippen LogP) is 2.68. The Balaban J connectivity index is 0.00000300. The SMILES string of the molecule is CN=C(NCCn1cc([N+](=O)[O-])cn1)N1CCOC(c2ccc(C)cc2C)C1.I. The minimum absolute atomic E-state index is 0. The fourth-order valence-corrected chi connectivity index (χ4v) is 3.40. The molecule has 0 saturated carbocycles. The fraction of sp³-hybridized carbons (Fsp3) is 0.474. The van der Waals surface area contributed by atoms with Crippen molar-refractivity contribution < 1.29 is 9.66 Å². The number of halogens is 1. The molecule has 158 valence electrons. The first-order valence-corrected chi connectivity index (χ1v) is 9.29. The van der Waals surface area contributed by atoms with Crippen molar-refractivity contribution in [2.75, 3.05) is 33.3 Å². The molecule has 1 atom stereocenters. The summed E-state index contributed by atoms with van der Waals surface area (Å²) in [5.74, 6) is 0.791. The van der Waals surface area contributed by atoms with Gasteiger partial charge in [-0.1, -0.05) is 23.8 Å². The normalized spacial score (nSPS) is 17.0. The average Bonchev–Trinajstić information content (AvgIpc) is 3.15. The second kappa shape index (κ2) is 10.5. The van der Waals surface area contributed by atoms with Crippen LogP contribution >= 0.6 is 24.0 Å². The molecule has 1 fully saturated rings. The standard InChI is InChI=1S/C19H26N6O3.HI/c1-14-4-5-17(15(2)10-14)18-13-23(8-9-28-18)19(20-3)21-6-7-24-12-16(11-22-24)25(26)27;/h4-5,10-12,18H,6-9,13H2,1-3H3,(H,20,21);1H. The Kier molecular flexibility index (Phi) is 8.38. The first-order chi connectivity index (χ1) is 13.5. The third-order valence-electron chi connectivity index (χ3n) is 4.80. The van der Waals surface area contributed by atoms with Gasteiger partial charge < -0.3 is 15.0 Å². The minimum Gasteiger partial charge on any atom is -0.370 e. The van der Waals surface area contributed by atoms with Gasteiger partial charge in [0.25, 0.3) is 0 Å². The van der Waals surface area contributed by atoms with Gasteiger partial charge in [-0.05, 0) is 25.0 Å². The number of aryl methyl sites for hydroxylation is 2. The van der Waals surface area contributed by atoms with Gasteiger partial charge in [0.05, 0.1) is 24.6 Å². The van der Waals surface area contributed by atoms with E-state index >= 15 is 0 Å². The first-order valence-electron chi connectivity index (χ1n) is 9.29. The predicted molar refractivity (Wildman–Crippen MR) is 122 cm³/mol. The van der Waals surface area contributed by atoms with Gasteiger partial charge in [0.15, 0.2) is 5.96 Å². The molecular weight excluding hydrogens is 487 g/mol. The summed E-state index contributed by atoms with van der Waals surface area (Å²) in [5, 5.41) is 18.1. The molecular formula is C19H27IN6O3. The molecule has 1 N–H and O–H groups in total. The van der Waals surface area contributed by atoms with Crippen LogP contribution in [0.2, 0.25) is 0 Å². The number of nitro groups is 1. The molecule has 1 aromatic carbocycles. The van der Waals surface area contributed by atoms with E-state index in [1.165, 1.54) is 29.1 Å². The van der Waals surface area contributed by atoms with Crippen LogP contribution in [0.25, 0.3) is 0 Å². The van der Waals surface area contributed by atoms with Gasteiger partial charge in [-0.2, -0.15) is 5.10 Å². The average molecular weight is 514 g/mol. The van der Waals surface area contributed by atoms with E-state index < -0.39 is 4.92 Å². The smallest absolute Gasteiger partial charge is 0.306 e. The van der Waals surface area contributed by atoms with Crippen molar-refractivity contribution in [3.05, 3.63) is 57.4 Å². The molecule has 1 aliphatic rings. The molecule has 3 rings (SSSR count). The summed E-state index contributed by atoms with van der Waals surface area (Å²) in [4.78, 5) is 16.8. The highest BCUT2D eigenvalue weighted by molar-refractivity contribution is 14.0. The molecule has 10 heteroatoms. The topological polar surface area (TPSA) is 97.8 Å². The Hall–Kier alpha value is -2.21. The summed E-state index contributed by atoms with van der Waals surface area (Å²) >= 11 is 0. The van der Waals surface area contributed by atoms with Gasteiger partial charge in [-0.15, -0.1) is 24.0 Å². The number of benzene rings is 1. The van der Waals surface area contributed by atoms with Crippen molar-refractivity contribution in [1.29, 1.82) is 0 Å². The van der Waals surface area contributed by atoms with Gasteiger partial charge in [-0.25, -0.2) is 0 Å². The summed E-state index contributed by atoms with van der Waals surface area (Å²) in [6.45, 7) is 7.38. The van der Waals surface area contributed by atoms with Gasteiger partial charge in [0.1, 0.15) is 18.5 Å². The maximum atomic E-state index is 10.7. The highest BCUT2D eigenvalue weighted by Crippen LogP contribution is 2.25. The number of hydrogen-bond donors (Lipinski definition) is 1. The van der Waals surface area contributed by atoms with E-state index in [1.807, 2.05) is 0 Å². The molecule has 2 aromatic rings. The van der Waals surface area contributed by atoms with Crippen molar-refractivity contribution in [2.45, 2.75) is 26.5 Å². The molecule has 1 saturated heterocycles. The van der Waals surface area contributed by atoms with Crippen LogP contribution in [0, 0.1) is 24.0 Å². The summed E-state index contributed by atoms with van der Waals surface area (Å²) in [6.07, 6.45) is 2.68. The van der Waals surface area contributed by atoms with Crippen LogP contribution in [-0.2, 0) is 11.3 Å².